The van der Waals surface area contributed by atoms with Gasteiger partial charge in [-0.3, -0.25) is 5.32 Å². The van der Waals surface area contributed by atoms with Gasteiger partial charge in [0.2, 0.25) is 0 Å². The Morgan fingerprint density at radius 1 is 1.23 bits per heavy atom. The zero-order valence-electron chi connectivity index (χ0n) is 16.7. The number of para-hydroxylation sites is 1. The molecule has 30 heavy (non-hydrogen) atoms. The summed E-state index contributed by atoms with van der Waals surface area (Å²) in [4.78, 5) is 15.3. The van der Waals surface area contributed by atoms with Gasteiger partial charge in [-0.05, 0) is 48.9 Å². The number of ether oxygens (including phenoxy) is 2. The molecule has 7 heteroatoms. The number of anilines is 1. The van der Waals surface area contributed by atoms with Gasteiger partial charge in [-0.2, -0.15) is 0 Å². The first kappa shape index (κ1) is 20.1. The molecule has 1 aromatic heterocycles. The minimum atomic E-state index is -1.09. The predicted octanol–water partition coefficient (Wildman–Crippen LogP) is 4.60. The van der Waals surface area contributed by atoms with Gasteiger partial charge in [0.15, 0.2) is 6.29 Å². The van der Waals surface area contributed by atoms with Gasteiger partial charge in [-0.15, -0.1) is 0 Å². The van der Waals surface area contributed by atoms with E-state index in [1.165, 1.54) is 0 Å². The number of hydrogen-bond acceptors (Lipinski definition) is 4. The Labute approximate surface area is 175 Å². The molecule has 4 rings (SSSR count). The van der Waals surface area contributed by atoms with Crippen LogP contribution in [-0.2, 0) is 22.5 Å². The monoisotopic (exact) mass is 407 g/mol. The fourth-order valence-corrected chi connectivity index (χ4v) is 3.67. The Kier molecular flexibility index (Phi) is 6.41. The Bertz CT molecular complexity index is 982. The maximum absolute atomic E-state index is 11.2. The third kappa shape index (κ3) is 5.06. The summed E-state index contributed by atoms with van der Waals surface area (Å²) >= 11 is 0. The van der Waals surface area contributed by atoms with Crippen LogP contribution in [0.1, 0.15) is 36.0 Å². The molecule has 0 radical (unpaired) electrons. The van der Waals surface area contributed by atoms with Crippen LogP contribution in [0.15, 0.2) is 61.2 Å². The molecule has 7 nitrogen and oxygen atoms in total. The molecule has 1 aliphatic rings. The highest BCUT2D eigenvalue weighted by atomic mass is 16.7. The molecule has 0 saturated carbocycles. The summed E-state index contributed by atoms with van der Waals surface area (Å²) in [7, 11) is 0. The van der Waals surface area contributed by atoms with E-state index in [2.05, 4.69) is 22.4 Å². The van der Waals surface area contributed by atoms with Crippen molar-refractivity contribution in [2.45, 2.75) is 38.6 Å². The van der Waals surface area contributed by atoms with Crippen LogP contribution in [0.5, 0.6) is 0 Å². The van der Waals surface area contributed by atoms with E-state index >= 15 is 0 Å². The Morgan fingerprint density at radius 2 is 2.13 bits per heavy atom. The van der Waals surface area contributed by atoms with E-state index in [4.69, 9.17) is 14.6 Å². The molecule has 2 aromatic carbocycles. The first-order chi connectivity index (χ1) is 14.7. The number of benzene rings is 2. The number of nitrogens with zero attached hydrogens (tertiary/aromatic N) is 2. The summed E-state index contributed by atoms with van der Waals surface area (Å²) in [6, 6.07) is 13.9. The third-order valence-corrected chi connectivity index (χ3v) is 5.14. The fourth-order valence-electron chi connectivity index (χ4n) is 3.67. The van der Waals surface area contributed by atoms with Crippen LogP contribution in [0.25, 0.3) is 5.69 Å². The average Bonchev–Trinajstić information content (AvgIpc) is 3.29. The summed E-state index contributed by atoms with van der Waals surface area (Å²) in [6.45, 7) is 0.993. The molecule has 156 valence electrons. The maximum Gasteiger partial charge on any atom is 0.409 e. The zero-order chi connectivity index (χ0) is 20.8. The number of aromatic nitrogens is 2. The topological polar surface area (TPSA) is 85.6 Å². The number of hydrogen-bond donors (Lipinski definition) is 2. The van der Waals surface area contributed by atoms with E-state index in [0.29, 0.717) is 18.7 Å². The van der Waals surface area contributed by atoms with Gasteiger partial charge < -0.3 is 19.1 Å². The van der Waals surface area contributed by atoms with Crippen molar-refractivity contribution in [3.63, 3.8) is 0 Å². The number of nitrogens with one attached hydrogen (secondary N) is 1. The Balaban J connectivity index is 1.56. The summed E-state index contributed by atoms with van der Waals surface area (Å²) in [5, 5.41) is 11.6. The lowest BCUT2D eigenvalue weighted by molar-refractivity contribution is -0.168. The van der Waals surface area contributed by atoms with Gasteiger partial charge in [0.1, 0.15) is 0 Å². The summed E-state index contributed by atoms with van der Waals surface area (Å²) in [5.41, 5.74) is 4.61. The second-order valence-electron chi connectivity index (χ2n) is 7.30. The second-order valence-corrected chi connectivity index (χ2v) is 7.30. The summed E-state index contributed by atoms with van der Waals surface area (Å²) < 4.78 is 13.5. The highest BCUT2D eigenvalue weighted by Gasteiger charge is 2.16. The summed E-state index contributed by atoms with van der Waals surface area (Å²) in [6.07, 6.45) is 7.82. The van der Waals surface area contributed by atoms with Gasteiger partial charge in [-0.1, -0.05) is 30.3 Å². The van der Waals surface area contributed by atoms with Crippen LogP contribution in [0, 0.1) is 0 Å². The molecule has 0 spiro atoms. The van der Waals surface area contributed by atoms with Gasteiger partial charge in [-0.25, -0.2) is 9.78 Å². The Hall–Kier alpha value is -3.16. The molecule has 1 atom stereocenters. The molecule has 2 heterocycles. The van der Waals surface area contributed by atoms with Gasteiger partial charge in [0.25, 0.3) is 0 Å². The Morgan fingerprint density at radius 3 is 2.90 bits per heavy atom. The lowest BCUT2D eigenvalue weighted by Crippen LogP contribution is -2.22. The first-order valence-electron chi connectivity index (χ1n) is 10.1. The number of carboxylic acid groups (broad SMARTS) is 1. The van der Waals surface area contributed by atoms with Crippen molar-refractivity contribution in [3.8, 4) is 5.69 Å². The fraction of sp³-hybridized carbons (Fsp3) is 0.304. The van der Waals surface area contributed by atoms with E-state index in [9.17, 15) is 4.79 Å². The number of amides is 1. The van der Waals surface area contributed by atoms with E-state index in [-0.39, 0.29) is 12.9 Å². The zero-order valence-corrected chi connectivity index (χ0v) is 16.7. The van der Waals surface area contributed by atoms with Crippen LogP contribution in [0.4, 0.5) is 10.5 Å². The van der Waals surface area contributed by atoms with Crippen LogP contribution in [0.3, 0.4) is 0 Å². The largest absolute Gasteiger partial charge is 0.465 e. The molecular formula is C23H25N3O4. The van der Waals surface area contributed by atoms with Gasteiger partial charge >= 0.3 is 6.09 Å². The molecule has 1 unspecified atom stereocenters. The number of imidazole rings is 1. The lowest BCUT2D eigenvalue weighted by Gasteiger charge is -2.23. The molecule has 1 saturated heterocycles. The lowest BCUT2D eigenvalue weighted by atomic mass is 10.0. The van der Waals surface area contributed by atoms with E-state index in [1.807, 2.05) is 35.0 Å². The molecule has 0 bridgehead atoms. The molecule has 1 aliphatic heterocycles. The van der Waals surface area contributed by atoms with E-state index < -0.39 is 6.09 Å². The second kappa shape index (κ2) is 9.56. The van der Waals surface area contributed by atoms with Crippen LogP contribution in [-0.4, -0.2) is 33.6 Å². The summed E-state index contributed by atoms with van der Waals surface area (Å²) in [5.74, 6) is 0. The smallest absolute Gasteiger partial charge is 0.409 e. The van der Waals surface area contributed by atoms with Crippen molar-refractivity contribution in [2.24, 2.45) is 0 Å². The van der Waals surface area contributed by atoms with Crippen LogP contribution >= 0.6 is 0 Å². The molecule has 0 aliphatic carbocycles. The van der Waals surface area contributed by atoms with Crippen molar-refractivity contribution < 1.29 is 19.4 Å². The number of rotatable bonds is 7. The number of carbonyl (C=O) groups is 1. The molecule has 2 N–H and O–H groups in total. The highest BCUT2D eigenvalue weighted by molar-refractivity contribution is 5.84. The van der Waals surface area contributed by atoms with Gasteiger partial charge in [0, 0.05) is 35.9 Å². The normalized spacial score (nSPS) is 16.3. The molecule has 1 amide bonds. The van der Waals surface area contributed by atoms with Crippen molar-refractivity contribution in [1.29, 1.82) is 0 Å². The molecule has 3 aromatic rings. The molecular weight excluding hydrogens is 382 g/mol. The molecule has 1 fully saturated rings. The van der Waals surface area contributed by atoms with E-state index in [1.54, 1.807) is 18.6 Å². The quantitative estimate of drug-likeness (QED) is 0.598. The highest BCUT2D eigenvalue weighted by Crippen LogP contribution is 2.25. The first-order valence-corrected chi connectivity index (χ1v) is 10.1. The van der Waals surface area contributed by atoms with Crippen molar-refractivity contribution in [3.05, 3.63) is 77.9 Å². The van der Waals surface area contributed by atoms with Gasteiger partial charge in [0.05, 0.1) is 12.9 Å². The SMILES string of the molecule is O=C(O)Nc1ccc(Cc2ccccc2-n2ccnc2)cc1COC1CCCCO1. The average molecular weight is 407 g/mol. The predicted molar refractivity (Wildman–Crippen MR) is 113 cm³/mol. The third-order valence-electron chi connectivity index (χ3n) is 5.14. The maximum atomic E-state index is 11.2. The van der Waals surface area contributed by atoms with Crippen molar-refractivity contribution in [2.75, 3.05) is 11.9 Å². The van der Waals surface area contributed by atoms with Crippen LogP contribution < -0.4 is 5.32 Å². The van der Waals surface area contributed by atoms with E-state index in [0.717, 1.165) is 41.6 Å². The van der Waals surface area contributed by atoms with Crippen molar-refractivity contribution >= 4 is 11.8 Å². The minimum Gasteiger partial charge on any atom is -0.465 e. The minimum absolute atomic E-state index is 0.234. The van der Waals surface area contributed by atoms with Crippen LogP contribution in [0.2, 0.25) is 0 Å². The standard InChI is InChI=1S/C23H25N3O4/c27-23(28)25-20-9-8-17(14-19(20)15-30-22-7-3-4-12-29-22)13-18-5-1-2-6-21(18)26-11-10-24-16-26/h1-2,5-6,8-11,14,16,22,25H,3-4,7,12-13,15H2,(H,27,28). The van der Waals surface area contributed by atoms with Crippen molar-refractivity contribution in [1.82, 2.24) is 9.55 Å².